The summed E-state index contributed by atoms with van der Waals surface area (Å²) in [7, 11) is 0. The number of carboxylic acids is 1. The predicted octanol–water partition coefficient (Wildman–Crippen LogP) is 3.50. The molecule has 0 saturated heterocycles. The fourth-order valence-electron chi connectivity index (χ4n) is 2.18. The second-order valence-electron chi connectivity index (χ2n) is 4.35. The molecule has 0 amide bonds. The Balaban J connectivity index is 2.71. The first-order valence-electron chi connectivity index (χ1n) is 5.51. The summed E-state index contributed by atoms with van der Waals surface area (Å²) in [5.74, 6) is -0.828. The van der Waals surface area contributed by atoms with Gasteiger partial charge in [-0.15, -0.1) is 0 Å². The monoisotopic (exact) mass is 251 g/mol. The van der Waals surface area contributed by atoms with E-state index in [0.717, 1.165) is 16.6 Å². The summed E-state index contributed by atoms with van der Waals surface area (Å²) in [6.07, 6.45) is 0.0171. The first kappa shape index (κ1) is 12.0. The van der Waals surface area contributed by atoms with E-state index in [0.29, 0.717) is 5.02 Å². The Morgan fingerprint density at radius 1 is 1.47 bits per heavy atom. The van der Waals surface area contributed by atoms with Crippen molar-refractivity contribution in [1.29, 1.82) is 0 Å². The highest BCUT2D eigenvalue weighted by Gasteiger charge is 2.15. The van der Waals surface area contributed by atoms with Gasteiger partial charge in [-0.2, -0.15) is 0 Å². The van der Waals surface area contributed by atoms with E-state index >= 15 is 0 Å². The minimum Gasteiger partial charge on any atom is -0.481 e. The number of para-hydroxylation sites is 1. The fraction of sp³-hybridized carbons (Fsp3) is 0.308. The van der Waals surface area contributed by atoms with E-state index in [1.165, 1.54) is 0 Å². The van der Waals surface area contributed by atoms with Crippen LogP contribution in [0.2, 0.25) is 5.02 Å². The lowest BCUT2D eigenvalue weighted by Gasteiger charge is -2.14. The summed E-state index contributed by atoms with van der Waals surface area (Å²) in [4.78, 5) is 10.9. The third-order valence-corrected chi connectivity index (χ3v) is 3.04. The average molecular weight is 252 g/mol. The van der Waals surface area contributed by atoms with Crippen LogP contribution < -0.4 is 0 Å². The summed E-state index contributed by atoms with van der Waals surface area (Å²) in [5, 5.41) is 10.6. The molecule has 90 valence electrons. The Labute approximate surface area is 105 Å². The lowest BCUT2D eigenvalue weighted by Crippen LogP contribution is -2.10. The van der Waals surface area contributed by atoms with Crippen LogP contribution >= 0.6 is 11.6 Å². The molecule has 0 bridgehead atoms. The average Bonchev–Trinajstić information content (AvgIpc) is 2.56. The number of halogens is 1. The molecular weight excluding hydrogens is 238 g/mol. The van der Waals surface area contributed by atoms with Crippen molar-refractivity contribution < 1.29 is 9.90 Å². The molecule has 0 fully saturated rings. The van der Waals surface area contributed by atoms with Gasteiger partial charge < -0.3 is 9.67 Å². The number of fused-ring (bicyclic) bond motifs is 1. The molecule has 2 rings (SSSR count). The molecule has 1 heterocycles. The Kier molecular flexibility index (Phi) is 3.11. The number of hydrogen-bond acceptors (Lipinski definition) is 1. The van der Waals surface area contributed by atoms with Gasteiger partial charge in [0.1, 0.15) is 0 Å². The summed E-state index contributed by atoms with van der Waals surface area (Å²) in [6.45, 7) is 4.04. The molecule has 0 saturated carbocycles. The number of carboxylic acid groups (broad SMARTS) is 1. The lowest BCUT2D eigenvalue weighted by molar-refractivity contribution is -0.136. The minimum atomic E-state index is -0.828. The molecule has 0 spiro atoms. The van der Waals surface area contributed by atoms with Gasteiger partial charge in [-0.1, -0.05) is 23.7 Å². The molecule has 0 radical (unpaired) electrons. The van der Waals surface area contributed by atoms with Crippen LogP contribution in [0.25, 0.3) is 10.9 Å². The first-order valence-corrected chi connectivity index (χ1v) is 5.88. The molecule has 1 N–H and O–H groups in total. The number of carbonyl (C=O) groups is 1. The van der Waals surface area contributed by atoms with Gasteiger partial charge in [-0.05, 0) is 26.0 Å². The number of aromatic nitrogens is 1. The number of nitrogens with zero attached hydrogens (tertiary/aromatic N) is 1. The van der Waals surface area contributed by atoms with E-state index in [4.69, 9.17) is 16.7 Å². The van der Waals surface area contributed by atoms with Crippen LogP contribution in [0.1, 0.15) is 25.6 Å². The third-order valence-electron chi connectivity index (χ3n) is 2.74. The zero-order valence-electron chi connectivity index (χ0n) is 9.77. The highest BCUT2D eigenvalue weighted by molar-refractivity contribution is 6.35. The van der Waals surface area contributed by atoms with Gasteiger partial charge >= 0.3 is 5.97 Å². The second kappa shape index (κ2) is 4.41. The van der Waals surface area contributed by atoms with Crippen LogP contribution in [0.3, 0.4) is 0 Å². The topological polar surface area (TPSA) is 42.2 Å². The molecule has 2 aromatic rings. The van der Waals surface area contributed by atoms with Crippen molar-refractivity contribution in [2.75, 3.05) is 0 Å². The molecule has 0 aliphatic carbocycles. The van der Waals surface area contributed by atoms with Crippen LogP contribution in [0, 0.1) is 0 Å². The number of rotatable bonds is 3. The van der Waals surface area contributed by atoms with E-state index in [-0.39, 0.29) is 12.5 Å². The molecule has 0 aliphatic rings. The zero-order chi connectivity index (χ0) is 12.6. The molecule has 4 heteroatoms. The Morgan fingerprint density at radius 3 is 2.76 bits per heavy atom. The predicted molar refractivity (Wildman–Crippen MR) is 68.7 cm³/mol. The maximum absolute atomic E-state index is 10.9. The second-order valence-corrected chi connectivity index (χ2v) is 4.75. The molecule has 3 nitrogen and oxygen atoms in total. The van der Waals surface area contributed by atoms with Crippen molar-refractivity contribution in [1.82, 2.24) is 4.57 Å². The lowest BCUT2D eigenvalue weighted by atomic mass is 10.2. The van der Waals surface area contributed by atoms with E-state index in [1.807, 2.05) is 42.7 Å². The van der Waals surface area contributed by atoms with Gasteiger partial charge in [-0.3, -0.25) is 4.79 Å². The molecule has 0 aliphatic heterocycles. The van der Waals surface area contributed by atoms with Crippen molar-refractivity contribution in [3.05, 3.63) is 35.0 Å². The largest absolute Gasteiger partial charge is 0.481 e. The standard InChI is InChI=1S/C13H14ClNO2/c1-8(2)15-10(7-12(16)17)6-9-4-3-5-11(14)13(9)15/h3-6,8H,7H2,1-2H3,(H,16,17). The summed E-state index contributed by atoms with van der Waals surface area (Å²) < 4.78 is 1.99. The van der Waals surface area contributed by atoms with Gasteiger partial charge in [-0.25, -0.2) is 0 Å². The van der Waals surface area contributed by atoms with Gasteiger partial charge in [0.15, 0.2) is 0 Å². The SMILES string of the molecule is CC(C)n1c(CC(=O)O)cc2cccc(Cl)c21. The van der Waals surface area contributed by atoms with Crippen molar-refractivity contribution in [2.24, 2.45) is 0 Å². The highest BCUT2D eigenvalue weighted by Crippen LogP contribution is 2.30. The molecule has 17 heavy (non-hydrogen) atoms. The first-order chi connectivity index (χ1) is 8.00. The van der Waals surface area contributed by atoms with E-state index in [9.17, 15) is 4.79 Å². The molecule has 0 atom stereocenters. The molecule has 0 unspecified atom stereocenters. The van der Waals surface area contributed by atoms with Crippen molar-refractivity contribution in [2.45, 2.75) is 26.3 Å². The molecular formula is C13H14ClNO2. The van der Waals surface area contributed by atoms with Crippen molar-refractivity contribution >= 4 is 28.5 Å². The minimum absolute atomic E-state index is 0.0171. The number of benzene rings is 1. The van der Waals surface area contributed by atoms with Crippen LogP contribution in [-0.2, 0) is 11.2 Å². The Bertz CT molecular complexity index is 572. The van der Waals surface area contributed by atoms with Crippen LogP contribution in [0.5, 0.6) is 0 Å². The normalized spacial score (nSPS) is 11.3. The van der Waals surface area contributed by atoms with Gasteiger partial charge in [0, 0.05) is 17.1 Å². The highest BCUT2D eigenvalue weighted by atomic mass is 35.5. The maximum Gasteiger partial charge on any atom is 0.309 e. The molecule has 1 aromatic carbocycles. The Hall–Kier alpha value is -1.48. The van der Waals surface area contributed by atoms with E-state index < -0.39 is 5.97 Å². The van der Waals surface area contributed by atoms with Crippen molar-refractivity contribution in [3.8, 4) is 0 Å². The smallest absolute Gasteiger partial charge is 0.309 e. The van der Waals surface area contributed by atoms with Crippen LogP contribution in [-0.4, -0.2) is 15.6 Å². The Morgan fingerprint density at radius 2 is 2.18 bits per heavy atom. The van der Waals surface area contributed by atoms with E-state index in [1.54, 1.807) is 0 Å². The fourth-order valence-corrected chi connectivity index (χ4v) is 2.45. The van der Waals surface area contributed by atoms with Crippen molar-refractivity contribution in [3.63, 3.8) is 0 Å². The quantitative estimate of drug-likeness (QED) is 0.907. The molecule has 1 aromatic heterocycles. The summed E-state index contributed by atoms with van der Waals surface area (Å²) >= 11 is 6.19. The van der Waals surface area contributed by atoms with Crippen LogP contribution in [0.15, 0.2) is 24.3 Å². The third kappa shape index (κ3) is 2.15. The maximum atomic E-state index is 10.9. The summed E-state index contributed by atoms with van der Waals surface area (Å²) in [6, 6.07) is 7.73. The van der Waals surface area contributed by atoms with Crippen LogP contribution in [0.4, 0.5) is 0 Å². The number of hydrogen-bond donors (Lipinski definition) is 1. The summed E-state index contributed by atoms with van der Waals surface area (Å²) in [5.41, 5.74) is 1.70. The van der Waals surface area contributed by atoms with Gasteiger partial charge in [0.25, 0.3) is 0 Å². The van der Waals surface area contributed by atoms with Gasteiger partial charge in [0.2, 0.25) is 0 Å². The van der Waals surface area contributed by atoms with E-state index in [2.05, 4.69) is 0 Å². The zero-order valence-corrected chi connectivity index (χ0v) is 10.5. The van der Waals surface area contributed by atoms with Gasteiger partial charge in [0.05, 0.1) is 17.0 Å². The number of aliphatic carboxylic acids is 1.